The van der Waals surface area contributed by atoms with E-state index in [1.807, 2.05) is 7.05 Å². The van der Waals surface area contributed by atoms with Crippen LogP contribution in [0.4, 0.5) is 0 Å². The Kier molecular flexibility index (Phi) is 4.08. The fraction of sp³-hybridized carbons (Fsp3) is 0.867. The second-order valence-electron chi connectivity index (χ2n) is 6.58. The largest absolute Gasteiger partial charge is 0.374 e. The zero-order valence-electron chi connectivity index (χ0n) is 12.6. The number of fused-ring (bicyclic) bond motifs is 2. The van der Waals surface area contributed by atoms with Gasteiger partial charge in [0.1, 0.15) is 0 Å². The van der Waals surface area contributed by atoms with Crippen LogP contribution in [0.1, 0.15) is 57.2 Å². The summed E-state index contributed by atoms with van der Waals surface area (Å²) in [5, 5.41) is 7.52. The maximum atomic E-state index is 5.87. The van der Waals surface area contributed by atoms with Crippen LogP contribution in [0, 0.1) is 5.92 Å². The molecule has 1 N–H and O–H groups in total. The van der Waals surface area contributed by atoms with Gasteiger partial charge in [0.2, 0.25) is 5.89 Å². The molecule has 4 atom stereocenters. The van der Waals surface area contributed by atoms with Crippen LogP contribution in [0.15, 0.2) is 4.52 Å². The van der Waals surface area contributed by atoms with Gasteiger partial charge in [-0.05, 0) is 38.6 Å². The molecular formula is C15H25N3O2. The first-order valence-electron chi connectivity index (χ1n) is 7.81. The molecule has 1 aromatic heterocycles. The number of likely N-dealkylation sites (N-methyl/N-ethyl adjacent to an activating group) is 1. The topological polar surface area (TPSA) is 60.2 Å². The average Bonchev–Trinajstić information content (AvgIpc) is 3.12. The number of nitrogens with zero attached hydrogens (tertiary/aromatic N) is 2. The number of aromatic nitrogens is 2. The lowest BCUT2D eigenvalue weighted by Crippen LogP contribution is -2.29. The molecule has 0 aliphatic carbocycles. The minimum Gasteiger partial charge on any atom is -0.374 e. The number of hydrogen-bond donors (Lipinski definition) is 1. The zero-order valence-corrected chi connectivity index (χ0v) is 12.6. The summed E-state index contributed by atoms with van der Waals surface area (Å²) in [6.45, 7) is 4.46. The minimum atomic E-state index is 0.321. The van der Waals surface area contributed by atoms with Crippen molar-refractivity contribution in [3.8, 4) is 0 Å². The third-order valence-corrected chi connectivity index (χ3v) is 4.51. The molecule has 3 heterocycles. The Balaban J connectivity index is 1.62. The monoisotopic (exact) mass is 279 g/mol. The van der Waals surface area contributed by atoms with Crippen molar-refractivity contribution in [3.05, 3.63) is 11.7 Å². The fourth-order valence-corrected chi connectivity index (χ4v) is 3.49. The molecule has 3 rings (SSSR count). The molecule has 0 radical (unpaired) electrons. The Bertz CT molecular complexity index is 446. The molecule has 0 aromatic carbocycles. The highest BCUT2D eigenvalue weighted by Crippen LogP contribution is 2.43. The first kappa shape index (κ1) is 14.0. The standard InChI is InChI=1S/C15H25N3O2/c1-9(2)6-10(16-3)7-14-17-15(18-20-14)12-8-11-4-5-13(12)19-11/h9-13,16H,4-8H2,1-3H3. The van der Waals surface area contributed by atoms with Crippen LogP contribution in [0.25, 0.3) is 0 Å². The van der Waals surface area contributed by atoms with Crippen molar-refractivity contribution in [2.24, 2.45) is 5.92 Å². The second kappa shape index (κ2) is 5.82. The number of nitrogens with one attached hydrogen (secondary N) is 1. The van der Waals surface area contributed by atoms with Gasteiger partial charge in [-0.15, -0.1) is 0 Å². The average molecular weight is 279 g/mol. The van der Waals surface area contributed by atoms with E-state index in [0.717, 1.165) is 37.4 Å². The van der Waals surface area contributed by atoms with Crippen LogP contribution in [0.5, 0.6) is 0 Å². The molecule has 4 unspecified atom stereocenters. The van der Waals surface area contributed by atoms with Crippen molar-refractivity contribution in [1.82, 2.24) is 15.5 Å². The molecule has 2 aliphatic rings. The molecule has 0 spiro atoms. The molecular weight excluding hydrogens is 254 g/mol. The summed E-state index contributed by atoms with van der Waals surface area (Å²) in [4.78, 5) is 4.61. The molecule has 20 heavy (non-hydrogen) atoms. The molecule has 112 valence electrons. The zero-order chi connectivity index (χ0) is 14.1. The van der Waals surface area contributed by atoms with Crippen molar-refractivity contribution >= 4 is 0 Å². The second-order valence-corrected chi connectivity index (χ2v) is 6.58. The van der Waals surface area contributed by atoms with Crippen molar-refractivity contribution in [2.75, 3.05) is 7.05 Å². The van der Waals surface area contributed by atoms with Gasteiger partial charge in [-0.25, -0.2) is 0 Å². The van der Waals surface area contributed by atoms with Gasteiger partial charge in [-0.1, -0.05) is 19.0 Å². The van der Waals surface area contributed by atoms with Crippen molar-refractivity contribution in [1.29, 1.82) is 0 Å². The van der Waals surface area contributed by atoms with Crippen LogP contribution in [0.2, 0.25) is 0 Å². The van der Waals surface area contributed by atoms with E-state index in [4.69, 9.17) is 9.26 Å². The number of hydrogen-bond acceptors (Lipinski definition) is 5. The van der Waals surface area contributed by atoms with Gasteiger partial charge in [0.25, 0.3) is 0 Å². The first-order valence-corrected chi connectivity index (χ1v) is 7.81. The van der Waals surface area contributed by atoms with Crippen LogP contribution >= 0.6 is 0 Å². The van der Waals surface area contributed by atoms with E-state index in [1.165, 1.54) is 6.42 Å². The molecule has 2 aliphatic heterocycles. The lowest BCUT2D eigenvalue weighted by molar-refractivity contribution is 0.0996. The van der Waals surface area contributed by atoms with Crippen LogP contribution < -0.4 is 5.32 Å². The van der Waals surface area contributed by atoms with Gasteiger partial charge < -0.3 is 14.6 Å². The highest BCUT2D eigenvalue weighted by molar-refractivity contribution is 5.07. The summed E-state index contributed by atoms with van der Waals surface area (Å²) < 4.78 is 11.3. The van der Waals surface area contributed by atoms with E-state index in [-0.39, 0.29) is 0 Å². The Labute approximate surface area is 120 Å². The maximum absolute atomic E-state index is 5.87. The Morgan fingerprint density at radius 1 is 1.35 bits per heavy atom. The predicted molar refractivity (Wildman–Crippen MR) is 75.6 cm³/mol. The lowest BCUT2D eigenvalue weighted by Gasteiger charge is -2.16. The SMILES string of the molecule is CNC(Cc1nc(C2CC3CCC2O3)no1)CC(C)C. The van der Waals surface area contributed by atoms with Gasteiger partial charge in [-0.3, -0.25) is 0 Å². The van der Waals surface area contributed by atoms with Crippen LogP contribution in [-0.2, 0) is 11.2 Å². The molecule has 2 bridgehead atoms. The Hall–Kier alpha value is -0.940. The number of ether oxygens (including phenoxy) is 1. The summed E-state index contributed by atoms with van der Waals surface area (Å²) in [6, 6.07) is 0.402. The van der Waals surface area contributed by atoms with E-state index in [9.17, 15) is 0 Å². The molecule has 2 saturated heterocycles. The highest BCUT2D eigenvalue weighted by Gasteiger charge is 2.43. The molecule has 2 fully saturated rings. The number of rotatable bonds is 6. The van der Waals surface area contributed by atoms with Crippen molar-refractivity contribution in [3.63, 3.8) is 0 Å². The van der Waals surface area contributed by atoms with E-state index in [2.05, 4.69) is 29.3 Å². The van der Waals surface area contributed by atoms with Gasteiger partial charge in [0.05, 0.1) is 18.1 Å². The summed E-state index contributed by atoms with van der Waals surface area (Å²) >= 11 is 0. The quantitative estimate of drug-likeness (QED) is 0.865. The summed E-state index contributed by atoms with van der Waals surface area (Å²) in [7, 11) is 1.99. The fourth-order valence-electron chi connectivity index (χ4n) is 3.49. The van der Waals surface area contributed by atoms with Gasteiger partial charge in [0, 0.05) is 12.5 Å². The lowest BCUT2D eigenvalue weighted by atomic mass is 9.89. The third kappa shape index (κ3) is 2.88. The summed E-state index contributed by atoms with van der Waals surface area (Å²) in [5.74, 6) is 2.62. The first-order chi connectivity index (χ1) is 9.65. The minimum absolute atomic E-state index is 0.321. The molecule has 5 nitrogen and oxygen atoms in total. The third-order valence-electron chi connectivity index (χ3n) is 4.51. The predicted octanol–water partition coefficient (Wildman–Crippen LogP) is 2.28. The highest BCUT2D eigenvalue weighted by atomic mass is 16.5. The van der Waals surface area contributed by atoms with Crippen molar-refractivity contribution < 1.29 is 9.26 Å². The summed E-state index contributed by atoms with van der Waals surface area (Å²) in [6.07, 6.45) is 6.08. The van der Waals surface area contributed by atoms with Gasteiger partial charge in [-0.2, -0.15) is 4.98 Å². The Morgan fingerprint density at radius 3 is 2.80 bits per heavy atom. The van der Waals surface area contributed by atoms with Crippen LogP contribution in [0.3, 0.4) is 0 Å². The molecule has 5 heteroatoms. The maximum Gasteiger partial charge on any atom is 0.228 e. The van der Waals surface area contributed by atoms with E-state index in [0.29, 0.717) is 30.1 Å². The van der Waals surface area contributed by atoms with Gasteiger partial charge in [0.15, 0.2) is 5.82 Å². The molecule has 0 saturated carbocycles. The van der Waals surface area contributed by atoms with Crippen LogP contribution in [-0.4, -0.2) is 35.4 Å². The van der Waals surface area contributed by atoms with Crippen molar-refractivity contribution in [2.45, 2.75) is 70.1 Å². The van der Waals surface area contributed by atoms with Gasteiger partial charge >= 0.3 is 0 Å². The summed E-state index contributed by atoms with van der Waals surface area (Å²) in [5.41, 5.74) is 0. The smallest absolute Gasteiger partial charge is 0.228 e. The van der Waals surface area contributed by atoms with E-state index < -0.39 is 0 Å². The molecule has 1 aromatic rings. The van der Waals surface area contributed by atoms with E-state index in [1.54, 1.807) is 0 Å². The normalized spacial score (nSPS) is 30.3. The molecule has 0 amide bonds. The van der Waals surface area contributed by atoms with E-state index >= 15 is 0 Å². The Morgan fingerprint density at radius 2 is 2.20 bits per heavy atom.